The Balaban J connectivity index is 1.76. The quantitative estimate of drug-likeness (QED) is 0.580. The molecule has 0 saturated carbocycles. The number of benzene rings is 2. The van der Waals surface area contributed by atoms with Gasteiger partial charge in [-0.3, -0.25) is 0 Å². The van der Waals surface area contributed by atoms with Gasteiger partial charge in [0.25, 0.3) is 0 Å². The fourth-order valence-electron chi connectivity index (χ4n) is 2.93. The van der Waals surface area contributed by atoms with Crippen LogP contribution in [0.4, 0.5) is 11.4 Å². The Morgan fingerprint density at radius 3 is 1.31 bits per heavy atom. The van der Waals surface area contributed by atoms with Crippen molar-refractivity contribution >= 4 is 35.7 Å². The van der Waals surface area contributed by atoms with Crippen LogP contribution < -0.4 is 9.80 Å². The van der Waals surface area contributed by atoms with E-state index in [-0.39, 0.29) is 0 Å². The van der Waals surface area contributed by atoms with Crippen molar-refractivity contribution < 1.29 is 0 Å². The van der Waals surface area contributed by atoms with Crippen LogP contribution in [-0.2, 0) is 0 Å². The molecule has 0 fully saturated rings. The SMILES string of the molecule is Cc1c(C=Cc2ccc(N(C)C)cc2)ncnc1C=Cc1ccc(N(C)C)cc1. The van der Waals surface area contributed by atoms with Crippen molar-refractivity contribution in [2.75, 3.05) is 38.0 Å². The molecule has 4 nitrogen and oxygen atoms in total. The number of hydrogen-bond acceptors (Lipinski definition) is 4. The van der Waals surface area contributed by atoms with Gasteiger partial charge in [-0.1, -0.05) is 36.4 Å². The lowest BCUT2D eigenvalue weighted by atomic mass is 10.1. The molecule has 0 aliphatic carbocycles. The highest BCUT2D eigenvalue weighted by Gasteiger charge is 2.02. The number of nitrogens with zero attached hydrogens (tertiary/aromatic N) is 4. The summed E-state index contributed by atoms with van der Waals surface area (Å²) < 4.78 is 0. The summed E-state index contributed by atoms with van der Waals surface area (Å²) in [5, 5.41) is 0. The average molecular weight is 385 g/mol. The van der Waals surface area contributed by atoms with Crippen LogP contribution in [0.25, 0.3) is 24.3 Å². The largest absolute Gasteiger partial charge is 0.378 e. The van der Waals surface area contributed by atoms with Crippen molar-refractivity contribution in [2.24, 2.45) is 0 Å². The number of rotatable bonds is 6. The van der Waals surface area contributed by atoms with Crippen molar-refractivity contribution in [1.29, 1.82) is 0 Å². The molecule has 0 aliphatic rings. The molecule has 0 unspecified atom stereocenters. The molecule has 29 heavy (non-hydrogen) atoms. The Kier molecular flexibility index (Phi) is 6.45. The predicted molar refractivity (Wildman–Crippen MR) is 126 cm³/mol. The van der Waals surface area contributed by atoms with Crippen LogP contribution in [-0.4, -0.2) is 38.2 Å². The monoisotopic (exact) mass is 384 g/mol. The molecule has 0 spiro atoms. The van der Waals surface area contributed by atoms with Crippen LogP contribution in [0.2, 0.25) is 0 Å². The molecule has 3 aromatic rings. The van der Waals surface area contributed by atoms with Gasteiger partial charge in [-0.05, 0) is 54.5 Å². The van der Waals surface area contributed by atoms with E-state index in [0.29, 0.717) is 0 Å². The topological polar surface area (TPSA) is 32.3 Å². The van der Waals surface area contributed by atoms with Gasteiger partial charge >= 0.3 is 0 Å². The van der Waals surface area contributed by atoms with Crippen molar-refractivity contribution in [3.8, 4) is 0 Å². The molecule has 0 N–H and O–H groups in total. The van der Waals surface area contributed by atoms with Gasteiger partial charge in [0.1, 0.15) is 6.33 Å². The zero-order valence-corrected chi connectivity index (χ0v) is 17.8. The highest BCUT2D eigenvalue weighted by molar-refractivity contribution is 5.74. The van der Waals surface area contributed by atoms with Crippen molar-refractivity contribution in [3.63, 3.8) is 0 Å². The van der Waals surface area contributed by atoms with Crippen LogP contribution in [0.1, 0.15) is 28.1 Å². The summed E-state index contributed by atoms with van der Waals surface area (Å²) in [6, 6.07) is 16.9. The van der Waals surface area contributed by atoms with E-state index in [2.05, 4.69) is 87.4 Å². The highest BCUT2D eigenvalue weighted by atomic mass is 15.1. The maximum absolute atomic E-state index is 4.44. The van der Waals surface area contributed by atoms with E-state index in [1.807, 2.05) is 40.3 Å². The maximum Gasteiger partial charge on any atom is 0.116 e. The van der Waals surface area contributed by atoms with E-state index < -0.39 is 0 Å². The summed E-state index contributed by atoms with van der Waals surface area (Å²) in [6.45, 7) is 2.06. The van der Waals surface area contributed by atoms with Crippen molar-refractivity contribution in [3.05, 3.63) is 82.9 Å². The lowest BCUT2D eigenvalue weighted by Gasteiger charge is -2.11. The zero-order chi connectivity index (χ0) is 20.8. The average Bonchev–Trinajstić information content (AvgIpc) is 2.72. The smallest absolute Gasteiger partial charge is 0.116 e. The standard InChI is InChI=1S/C25H28N4/c1-19-24(16-10-20-6-12-22(13-7-20)28(2)3)26-18-27-25(19)17-11-21-8-14-23(15-9-21)29(4)5/h6-18H,1-5H3. The van der Waals surface area contributed by atoms with E-state index in [4.69, 9.17) is 0 Å². The van der Waals surface area contributed by atoms with E-state index in [9.17, 15) is 0 Å². The third-order valence-corrected chi connectivity index (χ3v) is 4.85. The molecule has 1 heterocycles. The minimum Gasteiger partial charge on any atom is -0.378 e. The van der Waals surface area contributed by atoms with Gasteiger partial charge in [0.05, 0.1) is 11.4 Å². The second-order valence-corrected chi connectivity index (χ2v) is 7.41. The summed E-state index contributed by atoms with van der Waals surface area (Å²) in [7, 11) is 8.17. The van der Waals surface area contributed by atoms with Crippen LogP contribution in [0.5, 0.6) is 0 Å². The van der Waals surface area contributed by atoms with Gasteiger partial charge in [-0.2, -0.15) is 0 Å². The first-order valence-electron chi connectivity index (χ1n) is 9.66. The molecular formula is C25H28N4. The fraction of sp³-hybridized carbons (Fsp3) is 0.200. The van der Waals surface area contributed by atoms with Crippen molar-refractivity contribution in [2.45, 2.75) is 6.92 Å². The minimum atomic E-state index is 0.930. The Bertz CT molecular complexity index is 918. The van der Waals surface area contributed by atoms with E-state index >= 15 is 0 Å². The summed E-state index contributed by atoms with van der Waals surface area (Å²) in [5.74, 6) is 0. The fourth-order valence-corrected chi connectivity index (χ4v) is 2.93. The van der Waals surface area contributed by atoms with E-state index in [1.54, 1.807) is 6.33 Å². The number of hydrogen-bond donors (Lipinski definition) is 0. The second kappa shape index (κ2) is 9.20. The second-order valence-electron chi connectivity index (χ2n) is 7.41. The zero-order valence-electron chi connectivity index (χ0n) is 17.8. The Labute approximate surface area is 173 Å². The van der Waals surface area contributed by atoms with Gasteiger partial charge in [0.15, 0.2) is 0 Å². The minimum absolute atomic E-state index is 0.930. The number of aromatic nitrogens is 2. The Morgan fingerprint density at radius 1 is 0.586 bits per heavy atom. The molecule has 0 amide bonds. The van der Waals surface area contributed by atoms with Crippen molar-refractivity contribution in [1.82, 2.24) is 9.97 Å². The molecular weight excluding hydrogens is 356 g/mol. The van der Waals surface area contributed by atoms with Crippen LogP contribution in [0, 0.1) is 6.92 Å². The highest BCUT2D eigenvalue weighted by Crippen LogP contribution is 2.18. The lowest BCUT2D eigenvalue weighted by molar-refractivity contribution is 1.10. The van der Waals surface area contributed by atoms with Gasteiger partial charge in [0, 0.05) is 45.1 Å². The molecule has 2 aromatic carbocycles. The Hall–Kier alpha value is -3.40. The van der Waals surface area contributed by atoms with Crippen LogP contribution in [0.3, 0.4) is 0 Å². The molecule has 0 bridgehead atoms. The third-order valence-electron chi connectivity index (χ3n) is 4.85. The maximum atomic E-state index is 4.44. The van der Waals surface area contributed by atoms with E-state index in [0.717, 1.165) is 28.1 Å². The first-order valence-corrected chi connectivity index (χ1v) is 9.66. The molecule has 0 saturated heterocycles. The molecule has 0 radical (unpaired) electrons. The van der Waals surface area contributed by atoms with E-state index in [1.165, 1.54) is 11.4 Å². The Morgan fingerprint density at radius 2 is 0.966 bits per heavy atom. The molecule has 0 aliphatic heterocycles. The molecule has 148 valence electrons. The van der Waals surface area contributed by atoms with Gasteiger partial charge in [0.2, 0.25) is 0 Å². The summed E-state index contributed by atoms with van der Waals surface area (Å²) in [6.07, 6.45) is 9.89. The van der Waals surface area contributed by atoms with Gasteiger partial charge < -0.3 is 9.80 Å². The lowest BCUT2D eigenvalue weighted by Crippen LogP contribution is -2.07. The first-order chi connectivity index (χ1) is 13.9. The van der Waals surface area contributed by atoms with Gasteiger partial charge in [-0.15, -0.1) is 0 Å². The number of anilines is 2. The normalized spacial score (nSPS) is 11.3. The molecule has 0 atom stereocenters. The van der Waals surface area contributed by atoms with Gasteiger partial charge in [-0.25, -0.2) is 9.97 Å². The molecule has 1 aromatic heterocycles. The van der Waals surface area contributed by atoms with Crippen LogP contribution >= 0.6 is 0 Å². The summed E-state index contributed by atoms with van der Waals surface area (Å²) >= 11 is 0. The molecule has 3 rings (SSSR count). The first kappa shape index (κ1) is 20.3. The predicted octanol–water partition coefficient (Wildman–Crippen LogP) is 5.26. The molecule has 4 heteroatoms. The summed E-state index contributed by atoms with van der Waals surface area (Å²) in [4.78, 5) is 13.1. The summed E-state index contributed by atoms with van der Waals surface area (Å²) in [5.41, 5.74) is 7.59. The third kappa shape index (κ3) is 5.32. The van der Waals surface area contributed by atoms with Crippen LogP contribution in [0.15, 0.2) is 54.9 Å².